The summed E-state index contributed by atoms with van der Waals surface area (Å²) >= 11 is 0. The quantitative estimate of drug-likeness (QED) is 0.749. The highest BCUT2D eigenvalue weighted by Gasteiger charge is 2.17. The number of hydrogen-bond acceptors (Lipinski definition) is 3. The zero-order valence-corrected chi connectivity index (χ0v) is 12.6. The van der Waals surface area contributed by atoms with Gasteiger partial charge in [0.15, 0.2) is 5.78 Å². The Morgan fingerprint density at radius 2 is 1.86 bits per heavy atom. The standard InChI is InChI=1S/C18H20O3/c1-4-13(2)21-17-12-15(20-3)10-11-16(17)18(19)14-8-6-5-7-9-14/h5-13H,4H2,1-3H3. The van der Waals surface area contributed by atoms with Gasteiger partial charge in [0.05, 0.1) is 18.8 Å². The summed E-state index contributed by atoms with van der Waals surface area (Å²) in [6.45, 7) is 4.03. The first-order chi connectivity index (χ1) is 10.2. The molecule has 0 aliphatic rings. The summed E-state index contributed by atoms with van der Waals surface area (Å²) < 4.78 is 11.1. The van der Waals surface area contributed by atoms with Gasteiger partial charge in [-0.15, -0.1) is 0 Å². The zero-order valence-electron chi connectivity index (χ0n) is 12.6. The molecule has 0 radical (unpaired) electrons. The second-order valence-electron chi connectivity index (χ2n) is 4.89. The summed E-state index contributed by atoms with van der Waals surface area (Å²) in [6, 6.07) is 14.5. The monoisotopic (exact) mass is 284 g/mol. The van der Waals surface area contributed by atoms with E-state index < -0.39 is 0 Å². The van der Waals surface area contributed by atoms with Crippen molar-refractivity contribution in [2.45, 2.75) is 26.4 Å². The predicted octanol–water partition coefficient (Wildman–Crippen LogP) is 4.10. The van der Waals surface area contributed by atoms with Gasteiger partial charge in [0.2, 0.25) is 0 Å². The first-order valence-corrected chi connectivity index (χ1v) is 7.10. The molecule has 0 saturated heterocycles. The van der Waals surface area contributed by atoms with Gasteiger partial charge in [0.25, 0.3) is 0 Å². The van der Waals surface area contributed by atoms with E-state index in [1.807, 2.05) is 32.0 Å². The number of methoxy groups -OCH3 is 1. The van der Waals surface area contributed by atoms with Crippen molar-refractivity contribution in [2.75, 3.05) is 7.11 Å². The second-order valence-corrected chi connectivity index (χ2v) is 4.89. The van der Waals surface area contributed by atoms with Crippen LogP contribution in [0, 0.1) is 0 Å². The Hall–Kier alpha value is -2.29. The van der Waals surface area contributed by atoms with Crippen LogP contribution < -0.4 is 9.47 Å². The number of ether oxygens (including phenoxy) is 2. The zero-order chi connectivity index (χ0) is 15.2. The summed E-state index contributed by atoms with van der Waals surface area (Å²) in [5.41, 5.74) is 1.21. The van der Waals surface area contributed by atoms with Gasteiger partial charge in [-0.25, -0.2) is 0 Å². The van der Waals surface area contributed by atoms with Gasteiger partial charge in [0.1, 0.15) is 11.5 Å². The van der Waals surface area contributed by atoms with E-state index in [4.69, 9.17) is 9.47 Å². The van der Waals surface area contributed by atoms with Gasteiger partial charge in [-0.05, 0) is 25.5 Å². The molecule has 2 aromatic rings. The van der Waals surface area contributed by atoms with Gasteiger partial charge >= 0.3 is 0 Å². The molecule has 0 aromatic heterocycles. The molecule has 0 bridgehead atoms. The summed E-state index contributed by atoms with van der Waals surface area (Å²) in [4.78, 5) is 12.6. The Morgan fingerprint density at radius 3 is 2.48 bits per heavy atom. The van der Waals surface area contributed by atoms with Gasteiger partial charge < -0.3 is 9.47 Å². The lowest BCUT2D eigenvalue weighted by Gasteiger charge is -2.16. The molecule has 21 heavy (non-hydrogen) atoms. The highest BCUT2D eigenvalue weighted by atomic mass is 16.5. The van der Waals surface area contributed by atoms with E-state index in [0.717, 1.165) is 6.42 Å². The van der Waals surface area contributed by atoms with Gasteiger partial charge in [0, 0.05) is 11.6 Å². The Labute approximate surface area is 125 Å². The number of hydrogen-bond donors (Lipinski definition) is 0. The maximum Gasteiger partial charge on any atom is 0.196 e. The normalized spacial score (nSPS) is 11.8. The number of ketones is 1. The fourth-order valence-corrected chi connectivity index (χ4v) is 1.96. The average molecular weight is 284 g/mol. The molecule has 0 fully saturated rings. The van der Waals surface area contributed by atoms with E-state index in [0.29, 0.717) is 22.6 Å². The molecule has 0 saturated carbocycles. The Bertz CT molecular complexity index is 605. The first-order valence-electron chi connectivity index (χ1n) is 7.10. The van der Waals surface area contributed by atoms with E-state index in [9.17, 15) is 4.79 Å². The number of benzene rings is 2. The lowest BCUT2D eigenvalue weighted by Crippen LogP contribution is -2.13. The van der Waals surface area contributed by atoms with Crippen LogP contribution in [-0.4, -0.2) is 19.0 Å². The molecule has 110 valence electrons. The van der Waals surface area contributed by atoms with Crippen LogP contribution in [0.1, 0.15) is 36.2 Å². The summed E-state index contributed by atoms with van der Waals surface area (Å²) in [5, 5.41) is 0. The molecular formula is C18H20O3. The molecule has 0 spiro atoms. The molecule has 2 aromatic carbocycles. The van der Waals surface area contributed by atoms with Crippen molar-refractivity contribution in [3.8, 4) is 11.5 Å². The molecule has 0 amide bonds. The topological polar surface area (TPSA) is 35.5 Å². The molecule has 1 atom stereocenters. The van der Waals surface area contributed by atoms with Crippen LogP contribution in [0.2, 0.25) is 0 Å². The van der Waals surface area contributed by atoms with Crippen LogP contribution in [-0.2, 0) is 0 Å². The molecule has 2 rings (SSSR count). The van der Waals surface area contributed by atoms with Crippen LogP contribution in [0.5, 0.6) is 11.5 Å². The molecule has 3 nitrogen and oxygen atoms in total. The van der Waals surface area contributed by atoms with Crippen molar-refractivity contribution >= 4 is 5.78 Å². The van der Waals surface area contributed by atoms with Crippen LogP contribution >= 0.6 is 0 Å². The van der Waals surface area contributed by atoms with Crippen LogP contribution in [0.25, 0.3) is 0 Å². The van der Waals surface area contributed by atoms with Crippen LogP contribution in [0.15, 0.2) is 48.5 Å². The minimum atomic E-state index is -0.0449. The average Bonchev–Trinajstić information content (AvgIpc) is 2.54. The van der Waals surface area contributed by atoms with Gasteiger partial charge in [-0.2, -0.15) is 0 Å². The first kappa shape index (κ1) is 15.1. The molecule has 0 N–H and O–H groups in total. The number of carbonyl (C=O) groups excluding carboxylic acids is 1. The summed E-state index contributed by atoms with van der Waals surface area (Å²) in [7, 11) is 1.60. The lowest BCUT2D eigenvalue weighted by molar-refractivity contribution is 0.103. The Balaban J connectivity index is 2.40. The smallest absolute Gasteiger partial charge is 0.196 e. The van der Waals surface area contributed by atoms with Gasteiger partial charge in [-0.3, -0.25) is 4.79 Å². The minimum Gasteiger partial charge on any atom is -0.497 e. The highest BCUT2D eigenvalue weighted by molar-refractivity contribution is 6.10. The van der Waals surface area contributed by atoms with E-state index in [2.05, 4.69) is 0 Å². The third-order valence-corrected chi connectivity index (χ3v) is 3.37. The van der Waals surface area contributed by atoms with Crippen molar-refractivity contribution in [3.63, 3.8) is 0 Å². The lowest BCUT2D eigenvalue weighted by atomic mass is 10.0. The van der Waals surface area contributed by atoms with E-state index in [1.165, 1.54) is 0 Å². The summed E-state index contributed by atoms with van der Waals surface area (Å²) in [5.74, 6) is 1.20. The second kappa shape index (κ2) is 6.93. The maximum absolute atomic E-state index is 12.6. The SMILES string of the molecule is CCC(C)Oc1cc(OC)ccc1C(=O)c1ccccc1. The third kappa shape index (κ3) is 3.63. The number of rotatable bonds is 6. The minimum absolute atomic E-state index is 0.0411. The largest absolute Gasteiger partial charge is 0.497 e. The number of carbonyl (C=O) groups is 1. The highest BCUT2D eigenvalue weighted by Crippen LogP contribution is 2.28. The van der Waals surface area contributed by atoms with Crippen molar-refractivity contribution in [2.24, 2.45) is 0 Å². The van der Waals surface area contributed by atoms with Crippen molar-refractivity contribution < 1.29 is 14.3 Å². The molecule has 0 heterocycles. The Morgan fingerprint density at radius 1 is 1.14 bits per heavy atom. The molecule has 0 aliphatic carbocycles. The molecular weight excluding hydrogens is 264 g/mol. The van der Waals surface area contributed by atoms with Gasteiger partial charge in [-0.1, -0.05) is 37.3 Å². The van der Waals surface area contributed by atoms with Crippen molar-refractivity contribution in [3.05, 3.63) is 59.7 Å². The Kier molecular flexibility index (Phi) is 4.99. The van der Waals surface area contributed by atoms with Crippen LogP contribution in [0.3, 0.4) is 0 Å². The maximum atomic E-state index is 12.6. The third-order valence-electron chi connectivity index (χ3n) is 3.37. The van der Waals surface area contributed by atoms with E-state index >= 15 is 0 Å². The van der Waals surface area contributed by atoms with E-state index in [1.54, 1.807) is 37.4 Å². The molecule has 3 heteroatoms. The summed E-state index contributed by atoms with van der Waals surface area (Å²) in [6.07, 6.45) is 0.912. The van der Waals surface area contributed by atoms with Crippen LogP contribution in [0.4, 0.5) is 0 Å². The fourth-order valence-electron chi connectivity index (χ4n) is 1.96. The molecule has 0 aliphatic heterocycles. The molecule has 1 unspecified atom stereocenters. The fraction of sp³-hybridized carbons (Fsp3) is 0.278. The predicted molar refractivity (Wildman–Crippen MR) is 83.2 cm³/mol. The van der Waals surface area contributed by atoms with Crippen molar-refractivity contribution in [1.82, 2.24) is 0 Å². The van der Waals surface area contributed by atoms with E-state index in [-0.39, 0.29) is 11.9 Å². The van der Waals surface area contributed by atoms with Crippen molar-refractivity contribution in [1.29, 1.82) is 0 Å².